The highest BCUT2D eigenvalue weighted by Gasteiger charge is 2.11. The van der Waals surface area contributed by atoms with Crippen LogP contribution in [0.2, 0.25) is 0 Å². The van der Waals surface area contributed by atoms with Gasteiger partial charge in [-0.25, -0.2) is 0 Å². The van der Waals surface area contributed by atoms with Gasteiger partial charge in [-0.1, -0.05) is 34.1 Å². The normalized spacial score (nSPS) is 11.7. The highest BCUT2D eigenvalue weighted by atomic mass is 79.9. The van der Waals surface area contributed by atoms with Crippen molar-refractivity contribution in [1.82, 2.24) is 0 Å². The summed E-state index contributed by atoms with van der Waals surface area (Å²) in [5.74, 6) is 0.621. The van der Waals surface area contributed by atoms with Crippen LogP contribution in [0.25, 0.3) is 0 Å². The lowest BCUT2D eigenvalue weighted by molar-refractivity contribution is 0.190. The molecule has 1 N–H and O–H groups in total. The summed E-state index contributed by atoms with van der Waals surface area (Å²) in [7, 11) is 0. The molecule has 0 saturated heterocycles. The summed E-state index contributed by atoms with van der Waals surface area (Å²) >= 11 is 3.37. The number of rotatable bonds is 4. The standard InChI is InChI=1S/C16H14BrNO2/c1-11(19)15-8-14(17)6-7-16(15)20-10-13-5-3-2-4-12(13)9-18/h2-8,11,19H,10H2,1H3/t11-/m1/s1. The molecular weight excluding hydrogens is 318 g/mol. The van der Waals surface area contributed by atoms with E-state index in [9.17, 15) is 5.11 Å². The highest BCUT2D eigenvalue weighted by Crippen LogP contribution is 2.29. The fourth-order valence-corrected chi connectivity index (χ4v) is 2.27. The minimum atomic E-state index is -0.617. The van der Waals surface area contributed by atoms with E-state index in [1.54, 1.807) is 19.1 Å². The first-order valence-corrected chi connectivity index (χ1v) is 6.99. The first-order valence-electron chi connectivity index (χ1n) is 6.20. The second-order valence-electron chi connectivity index (χ2n) is 4.42. The number of nitriles is 1. The van der Waals surface area contributed by atoms with Crippen LogP contribution in [0.5, 0.6) is 5.75 Å². The van der Waals surface area contributed by atoms with Crippen molar-refractivity contribution in [2.75, 3.05) is 0 Å². The zero-order chi connectivity index (χ0) is 14.5. The first kappa shape index (κ1) is 14.6. The van der Waals surface area contributed by atoms with E-state index in [1.165, 1.54) is 0 Å². The summed E-state index contributed by atoms with van der Waals surface area (Å²) in [4.78, 5) is 0. The largest absolute Gasteiger partial charge is 0.488 e. The van der Waals surface area contributed by atoms with Gasteiger partial charge in [0.2, 0.25) is 0 Å². The summed E-state index contributed by atoms with van der Waals surface area (Å²) in [5.41, 5.74) is 2.14. The molecule has 0 heterocycles. The molecule has 0 unspecified atom stereocenters. The Morgan fingerprint density at radius 2 is 2.05 bits per heavy atom. The Kier molecular flexibility index (Phi) is 4.78. The number of aliphatic hydroxyl groups is 1. The maximum atomic E-state index is 9.77. The van der Waals surface area contributed by atoms with Crippen LogP contribution in [-0.2, 0) is 6.61 Å². The molecule has 1 atom stereocenters. The van der Waals surface area contributed by atoms with Gasteiger partial charge in [0.25, 0.3) is 0 Å². The van der Waals surface area contributed by atoms with Crippen LogP contribution in [0.15, 0.2) is 46.9 Å². The average Bonchev–Trinajstić information content (AvgIpc) is 2.46. The Hall–Kier alpha value is -1.83. The average molecular weight is 332 g/mol. The van der Waals surface area contributed by atoms with E-state index >= 15 is 0 Å². The minimum Gasteiger partial charge on any atom is -0.488 e. The Labute approximate surface area is 126 Å². The molecule has 102 valence electrons. The van der Waals surface area contributed by atoms with Gasteiger partial charge in [-0.2, -0.15) is 5.26 Å². The van der Waals surface area contributed by atoms with Gasteiger partial charge in [-0.15, -0.1) is 0 Å². The van der Waals surface area contributed by atoms with Gasteiger partial charge < -0.3 is 9.84 Å². The second-order valence-corrected chi connectivity index (χ2v) is 5.33. The molecule has 0 saturated carbocycles. The van der Waals surface area contributed by atoms with Crippen molar-refractivity contribution in [2.45, 2.75) is 19.6 Å². The van der Waals surface area contributed by atoms with Gasteiger partial charge >= 0.3 is 0 Å². The number of nitrogens with zero attached hydrogens (tertiary/aromatic N) is 1. The maximum Gasteiger partial charge on any atom is 0.125 e. The predicted molar refractivity (Wildman–Crippen MR) is 80.3 cm³/mol. The van der Waals surface area contributed by atoms with Crippen molar-refractivity contribution in [3.05, 3.63) is 63.6 Å². The Bertz CT molecular complexity index is 647. The molecule has 0 spiro atoms. The Morgan fingerprint density at radius 1 is 1.30 bits per heavy atom. The fraction of sp³-hybridized carbons (Fsp3) is 0.188. The Morgan fingerprint density at radius 3 is 2.75 bits per heavy atom. The lowest BCUT2D eigenvalue weighted by Gasteiger charge is -2.14. The molecule has 3 nitrogen and oxygen atoms in total. The number of halogens is 1. The van der Waals surface area contributed by atoms with Gasteiger partial charge in [-0.3, -0.25) is 0 Å². The number of hydrogen-bond acceptors (Lipinski definition) is 3. The molecule has 2 aromatic rings. The third kappa shape index (κ3) is 3.38. The van der Waals surface area contributed by atoms with E-state index in [2.05, 4.69) is 22.0 Å². The van der Waals surface area contributed by atoms with Crippen LogP contribution in [0.1, 0.15) is 29.7 Å². The number of aliphatic hydroxyl groups excluding tert-OH is 1. The van der Waals surface area contributed by atoms with Crippen molar-refractivity contribution in [3.63, 3.8) is 0 Å². The molecule has 0 aliphatic rings. The van der Waals surface area contributed by atoms with Crippen molar-refractivity contribution in [2.24, 2.45) is 0 Å². The van der Waals surface area contributed by atoms with Gasteiger partial charge in [0.15, 0.2) is 0 Å². The third-order valence-corrected chi connectivity index (χ3v) is 3.44. The first-order chi connectivity index (χ1) is 9.61. The van der Waals surface area contributed by atoms with Crippen LogP contribution in [-0.4, -0.2) is 5.11 Å². The van der Waals surface area contributed by atoms with Crippen molar-refractivity contribution in [1.29, 1.82) is 5.26 Å². The summed E-state index contributed by atoms with van der Waals surface area (Å²) in [5, 5.41) is 18.8. The van der Waals surface area contributed by atoms with Crippen LogP contribution < -0.4 is 4.74 Å². The zero-order valence-electron chi connectivity index (χ0n) is 11.0. The zero-order valence-corrected chi connectivity index (χ0v) is 12.6. The molecule has 0 fully saturated rings. The quantitative estimate of drug-likeness (QED) is 0.922. The van der Waals surface area contributed by atoms with E-state index in [0.717, 1.165) is 10.0 Å². The predicted octanol–water partition coefficient (Wildman–Crippen LogP) is 3.95. The number of benzene rings is 2. The number of ether oxygens (including phenoxy) is 1. The van der Waals surface area contributed by atoms with Crippen LogP contribution in [0, 0.1) is 11.3 Å². The fourth-order valence-electron chi connectivity index (χ4n) is 1.89. The molecule has 0 amide bonds. The van der Waals surface area contributed by atoms with Crippen molar-refractivity contribution in [3.8, 4) is 11.8 Å². The van der Waals surface area contributed by atoms with E-state index in [0.29, 0.717) is 23.5 Å². The lowest BCUT2D eigenvalue weighted by Crippen LogP contribution is -2.02. The van der Waals surface area contributed by atoms with E-state index in [4.69, 9.17) is 10.00 Å². The summed E-state index contributed by atoms with van der Waals surface area (Å²) in [6.45, 7) is 1.99. The summed E-state index contributed by atoms with van der Waals surface area (Å²) in [6.07, 6.45) is -0.617. The van der Waals surface area contributed by atoms with Gasteiger partial charge in [0, 0.05) is 15.6 Å². The third-order valence-electron chi connectivity index (χ3n) is 2.94. The molecular formula is C16H14BrNO2. The van der Waals surface area contributed by atoms with Gasteiger partial charge in [-0.05, 0) is 31.2 Å². The highest BCUT2D eigenvalue weighted by molar-refractivity contribution is 9.10. The molecule has 4 heteroatoms. The molecule has 0 aromatic heterocycles. The number of hydrogen-bond donors (Lipinski definition) is 1. The van der Waals surface area contributed by atoms with E-state index in [1.807, 2.05) is 30.3 Å². The van der Waals surface area contributed by atoms with Crippen molar-refractivity contribution < 1.29 is 9.84 Å². The topological polar surface area (TPSA) is 53.2 Å². The van der Waals surface area contributed by atoms with Gasteiger partial charge in [0.1, 0.15) is 12.4 Å². The molecule has 0 radical (unpaired) electrons. The SMILES string of the molecule is C[C@@H](O)c1cc(Br)ccc1OCc1ccccc1C#N. The molecule has 0 bridgehead atoms. The molecule has 0 aliphatic carbocycles. The molecule has 2 rings (SSSR count). The lowest BCUT2D eigenvalue weighted by atomic mass is 10.1. The summed E-state index contributed by atoms with van der Waals surface area (Å²) in [6, 6.07) is 15.0. The van der Waals surface area contributed by atoms with Crippen LogP contribution in [0.3, 0.4) is 0 Å². The van der Waals surface area contributed by atoms with Crippen LogP contribution >= 0.6 is 15.9 Å². The van der Waals surface area contributed by atoms with Crippen molar-refractivity contribution >= 4 is 15.9 Å². The second kappa shape index (κ2) is 6.56. The summed E-state index contributed by atoms with van der Waals surface area (Å²) < 4.78 is 6.64. The van der Waals surface area contributed by atoms with Crippen LogP contribution in [0.4, 0.5) is 0 Å². The smallest absolute Gasteiger partial charge is 0.125 e. The molecule has 20 heavy (non-hydrogen) atoms. The van der Waals surface area contributed by atoms with E-state index < -0.39 is 6.10 Å². The maximum absolute atomic E-state index is 9.77. The monoisotopic (exact) mass is 331 g/mol. The minimum absolute atomic E-state index is 0.297. The molecule has 2 aromatic carbocycles. The van der Waals surface area contributed by atoms with Gasteiger partial charge in [0.05, 0.1) is 17.7 Å². The van der Waals surface area contributed by atoms with E-state index in [-0.39, 0.29) is 0 Å². The Balaban J connectivity index is 2.21. The molecule has 0 aliphatic heterocycles.